The number of hydrogen-bond donors (Lipinski definition) is 1. The minimum absolute atomic E-state index is 0.0357. The lowest BCUT2D eigenvalue weighted by Crippen LogP contribution is -2.35. The van der Waals surface area contributed by atoms with Crippen molar-refractivity contribution in [1.29, 1.82) is 0 Å². The van der Waals surface area contributed by atoms with Crippen LogP contribution in [-0.2, 0) is 22.6 Å². The summed E-state index contributed by atoms with van der Waals surface area (Å²) < 4.78 is 5.40. The number of hydrogen-bond acceptors (Lipinski definition) is 4. The van der Waals surface area contributed by atoms with E-state index in [4.69, 9.17) is 16.3 Å². The lowest BCUT2D eigenvalue weighted by atomic mass is 10.1. The van der Waals surface area contributed by atoms with Crippen LogP contribution in [0.2, 0.25) is 5.02 Å². The normalized spacial score (nSPS) is 16.1. The number of rotatable bonds is 7. The number of morpholine rings is 1. The first-order valence-electron chi connectivity index (χ1n) is 9.18. The van der Waals surface area contributed by atoms with Gasteiger partial charge in [-0.1, -0.05) is 35.9 Å². The molecule has 0 aromatic heterocycles. The van der Waals surface area contributed by atoms with Gasteiger partial charge in [-0.05, 0) is 42.3 Å². The maximum absolute atomic E-state index is 12.4. The van der Waals surface area contributed by atoms with E-state index in [-0.39, 0.29) is 11.2 Å². The summed E-state index contributed by atoms with van der Waals surface area (Å²) in [6.07, 6.45) is 0. The van der Waals surface area contributed by atoms with Gasteiger partial charge in [0.2, 0.25) is 5.91 Å². The molecule has 0 bridgehead atoms. The van der Waals surface area contributed by atoms with E-state index in [2.05, 4.69) is 34.5 Å². The fraction of sp³-hybridized carbons (Fsp3) is 0.381. The lowest BCUT2D eigenvalue weighted by molar-refractivity contribution is -0.120. The Morgan fingerprint density at radius 3 is 2.63 bits per heavy atom. The summed E-state index contributed by atoms with van der Waals surface area (Å²) in [7, 11) is 0. The first kappa shape index (κ1) is 20.2. The summed E-state index contributed by atoms with van der Waals surface area (Å²) in [4.78, 5) is 15.8. The molecule has 2 aromatic rings. The van der Waals surface area contributed by atoms with E-state index >= 15 is 0 Å². The van der Waals surface area contributed by atoms with Crippen LogP contribution in [0.25, 0.3) is 0 Å². The van der Waals surface area contributed by atoms with Crippen molar-refractivity contribution in [2.45, 2.75) is 30.2 Å². The Hall–Kier alpha value is -1.53. The first-order chi connectivity index (χ1) is 13.1. The Balaban J connectivity index is 1.49. The van der Waals surface area contributed by atoms with Crippen molar-refractivity contribution in [3.8, 4) is 0 Å². The molecule has 1 fully saturated rings. The second kappa shape index (κ2) is 10.1. The van der Waals surface area contributed by atoms with Gasteiger partial charge >= 0.3 is 0 Å². The molecule has 27 heavy (non-hydrogen) atoms. The Labute approximate surface area is 170 Å². The van der Waals surface area contributed by atoms with E-state index in [1.54, 1.807) is 0 Å². The number of ether oxygens (including phenoxy) is 1. The summed E-state index contributed by atoms with van der Waals surface area (Å²) in [6.45, 7) is 6.94. The van der Waals surface area contributed by atoms with E-state index in [1.165, 1.54) is 17.3 Å². The van der Waals surface area contributed by atoms with Crippen LogP contribution in [0.3, 0.4) is 0 Å². The molecule has 1 amide bonds. The zero-order chi connectivity index (χ0) is 19.1. The van der Waals surface area contributed by atoms with Crippen molar-refractivity contribution in [3.05, 3.63) is 64.7 Å². The highest BCUT2D eigenvalue weighted by molar-refractivity contribution is 8.00. The molecule has 1 aliphatic heterocycles. The third-order valence-corrected chi connectivity index (χ3v) is 5.83. The molecule has 0 aliphatic carbocycles. The van der Waals surface area contributed by atoms with Gasteiger partial charge in [0.15, 0.2) is 0 Å². The van der Waals surface area contributed by atoms with E-state index in [0.29, 0.717) is 11.6 Å². The van der Waals surface area contributed by atoms with Gasteiger partial charge in [0.1, 0.15) is 0 Å². The van der Waals surface area contributed by atoms with Gasteiger partial charge < -0.3 is 10.1 Å². The Morgan fingerprint density at radius 1 is 1.19 bits per heavy atom. The Kier molecular flexibility index (Phi) is 7.59. The molecule has 3 rings (SSSR count). The molecule has 144 valence electrons. The number of amides is 1. The van der Waals surface area contributed by atoms with Gasteiger partial charge in [0.25, 0.3) is 0 Å². The molecule has 1 unspecified atom stereocenters. The van der Waals surface area contributed by atoms with E-state index in [0.717, 1.165) is 43.3 Å². The molecule has 1 N–H and O–H groups in total. The van der Waals surface area contributed by atoms with Gasteiger partial charge in [0, 0.05) is 36.1 Å². The van der Waals surface area contributed by atoms with Crippen LogP contribution in [0.1, 0.15) is 18.1 Å². The number of thioether (sulfide) groups is 1. The molecule has 1 saturated heterocycles. The van der Waals surface area contributed by atoms with Gasteiger partial charge in [-0.2, -0.15) is 0 Å². The minimum atomic E-state index is -0.164. The highest BCUT2D eigenvalue weighted by atomic mass is 35.5. The molecule has 6 heteroatoms. The van der Waals surface area contributed by atoms with Gasteiger partial charge in [-0.25, -0.2) is 0 Å². The van der Waals surface area contributed by atoms with Crippen LogP contribution < -0.4 is 5.32 Å². The van der Waals surface area contributed by atoms with Crippen LogP contribution in [-0.4, -0.2) is 42.4 Å². The van der Waals surface area contributed by atoms with E-state index < -0.39 is 0 Å². The Bertz CT molecular complexity index is 748. The first-order valence-corrected chi connectivity index (χ1v) is 10.4. The van der Waals surface area contributed by atoms with Crippen molar-refractivity contribution >= 4 is 29.3 Å². The average molecular weight is 405 g/mol. The second-order valence-electron chi connectivity index (χ2n) is 6.64. The molecule has 2 aromatic carbocycles. The van der Waals surface area contributed by atoms with Crippen LogP contribution in [0.5, 0.6) is 0 Å². The number of carbonyl (C=O) groups is 1. The quantitative estimate of drug-likeness (QED) is 0.709. The summed E-state index contributed by atoms with van der Waals surface area (Å²) in [5.41, 5.74) is 2.39. The van der Waals surface area contributed by atoms with Crippen molar-refractivity contribution in [1.82, 2.24) is 10.2 Å². The molecule has 1 heterocycles. The van der Waals surface area contributed by atoms with Crippen molar-refractivity contribution < 1.29 is 9.53 Å². The molecule has 0 spiro atoms. The topological polar surface area (TPSA) is 41.6 Å². The summed E-state index contributed by atoms with van der Waals surface area (Å²) in [6, 6.07) is 16.0. The highest BCUT2D eigenvalue weighted by Crippen LogP contribution is 2.24. The monoisotopic (exact) mass is 404 g/mol. The predicted molar refractivity (Wildman–Crippen MR) is 111 cm³/mol. The Morgan fingerprint density at radius 2 is 1.89 bits per heavy atom. The summed E-state index contributed by atoms with van der Waals surface area (Å²) in [5, 5.41) is 3.58. The fourth-order valence-electron chi connectivity index (χ4n) is 2.96. The fourth-order valence-corrected chi connectivity index (χ4v) is 3.98. The van der Waals surface area contributed by atoms with Crippen LogP contribution in [0.4, 0.5) is 0 Å². The van der Waals surface area contributed by atoms with Crippen molar-refractivity contribution in [2.24, 2.45) is 0 Å². The molecule has 0 radical (unpaired) electrons. The molecular weight excluding hydrogens is 380 g/mol. The average Bonchev–Trinajstić information content (AvgIpc) is 2.69. The molecule has 0 saturated carbocycles. The van der Waals surface area contributed by atoms with Gasteiger partial charge in [0.05, 0.1) is 18.5 Å². The number of carbonyl (C=O) groups excluding carboxylic acids is 1. The highest BCUT2D eigenvalue weighted by Gasteiger charge is 2.14. The molecular formula is C21H25ClN2O2S. The number of nitrogens with zero attached hydrogens (tertiary/aromatic N) is 1. The van der Waals surface area contributed by atoms with Crippen molar-refractivity contribution in [2.75, 3.05) is 26.3 Å². The number of halogens is 1. The SMILES string of the molecule is CC(Sc1ccc(Cl)cc1)C(=O)NCc1cccc(CN2CCOCC2)c1. The zero-order valence-corrected chi connectivity index (χ0v) is 17.1. The standard InChI is InChI=1S/C21H25ClN2O2S/c1-16(27-20-7-5-19(22)6-8-20)21(25)23-14-17-3-2-4-18(13-17)15-24-9-11-26-12-10-24/h2-8,13,16H,9-12,14-15H2,1H3,(H,23,25). The predicted octanol–water partition coefficient (Wildman–Crippen LogP) is 3.97. The van der Waals surface area contributed by atoms with Crippen LogP contribution in [0, 0.1) is 0 Å². The zero-order valence-electron chi connectivity index (χ0n) is 15.5. The largest absolute Gasteiger partial charge is 0.379 e. The smallest absolute Gasteiger partial charge is 0.233 e. The maximum atomic E-state index is 12.4. The maximum Gasteiger partial charge on any atom is 0.233 e. The van der Waals surface area contributed by atoms with Gasteiger partial charge in [-0.3, -0.25) is 9.69 Å². The number of benzene rings is 2. The molecule has 1 aliphatic rings. The third-order valence-electron chi connectivity index (χ3n) is 4.46. The number of nitrogens with one attached hydrogen (secondary N) is 1. The van der Waals surface area contributed by atoms with Crippen LogP contribution >= 0.6 is 23.4 Å². The molecule has 4 nitrogen and oxygen atoms in total. The van der Waals surface area contributed by atoms with Crippen molar-refractivity contribution in [3.63, 3.8) is 0 Å². The van der Waals surface area contributed by atoms with E-state index in [1.807, 2.05) is 31.2 Å². The summed E-state index contributed by atoms with van der Waals surface area (Å²) >= 11 is 7.44. The minimum Gasteiger partial charge on any atom is -0.379 e. The van der Waals surface area contributed by atoms with Gasteiger partial charge in [-0.15, -0.1) is 11.8 Å². The lowest BCUT2D eigenvalue weighted by Gasteiger charge is -2.26. The van der Waals surface area contributed by atoms with E-state index in [9.17, 15) is 4.79 Å². The second-order valence-corrected chi connectivity index (χ2v) is 8.49. The molecule has 1 atom stereocenters. The van der Waals surface area contributed by atoms with Crippen LogP contribution in [0.15, 0.2) is 53.4 Å². The third kappa shape index (κ3) is 6.54. The summed E-state index contributed by atoms with van der Waals surface area (Å²) in [5.74, 6) is 0.0357.